The first kappa shape index (κ1) is 21.1. The van der Waals surface area contributed by atoms with Gasteiger partial charge in [-0.25, -0.2) is 0 Å². The summed E-state index contributed by atoms with van der Waals surface area (Å²) in [4.78, 5) is 11.3. The van der Waals surface area contributed by atoms with Gasteiger partial charge < -0.3 is 25.1 Å². The van der Waals surface area contributed by atoms with Crippen LogP contribution in [0.1, 0.15) is 46.6 Å². The minimum Gasteiger partial charge on any atom is -0.494 e. The molecule has 0 heterocycles. The number of carbonyl (C=O) groups is 1. The van der Waals surface area contributed by atoms with Crippen LogP contribution >= 0.6 is 0 Å². The third-order valence-corrected chi connectivity index (χ3v) is 3.83. The second-order valence-corrected chi connectivity index (χ2v) is 6.44. The van der Waals surface area contributed by atoms with E-state index >= 15 is 0 Å². The molecule has 25 heavy (non-hydrogen) atoms. The van der Waals surface area contributed by atoms with Gasteiger partial charge in [-0.3, -0.25) is 4.79 Å². The number of ether oxygens (including phenoxy) is 3. The first-order valence-corrected chi connectivity index (χ1v) is 8.82. The molecule has 0 spiro atoms. The largest absolute Gasteiger partial charge is 0.494 e. The Morgan fingerprint density at radius 2 is 1.76 bits per heavy atom. The van der Waals surface area contributed by atoms with Gasteiger partial charge in [-0.15, -0.1) is 0 Å². The molecule has 1 rings (SSSR count). The molecule has 0 fully saturated rings. The van der Waals surface area contributed by atoms with Crippen LogP contribution in [-0.2, 0) is 11.2 Å². The number of rotatable bonds is 11. The highest BCUT2D eigenvalue weighted by Crippen LogP contribution is 2.38. The van der Waals surface area contributed by atoms with Gasteiger partial charge in [-0.2, -0.15) is 0 Å². The molecule has 6 heteroatoms. The molecule has 0 saturated heterocycles. The SMILES string of the molecule is CCOc1cc(CC(C)CC(C)(N)C(=O)O)c(OCC)c(OCC)c1. The number of aliphatic carboxylic acids is 1. The van der Waals surface area contributed by atoms with E-state index in [0.29, 0.717) is 49.9 Å². The lowest BCUT2D eigenvalue weighted by atomic mass is 9.87. The maximum absolute atomic E-state index is 11.3. The van der Waals surface area contributed by atoms with Gasteiger partial charge in [-0.05, 0) is 52.5 Å². The Labute approximate surface area is 150 Å². The molecular formula is C19H31NO5. The van der Waals surface area contributed by atoms with Crippen LogP contribution < -0.4 is 19.9 Å². The number of hydrogen-bond donors (Lipinski definition) is 2. The van der Waals surface area contributed by atoms with Crippen LogP contribution in [0.25, 0.3) is 0 Å². The fourth-order valence-electron chi connectivity index (χ4n) is 2.86. The molecule has 142 valence electrons. The summed E-state index contributed by atoms with van der Waals surface area (Å²) in [6.07, 6.45) is 0.979. The van der Waals surface area contributed by atoms with Gasteiger partial charge >= 0.3 is 5.97 Å². The van der Waals surface area contributed by atoms with Crippen molar-refractivity contribution >= 4 is 5.97 Å². The molecule has 1 aromatic rings. The molecule has 0 amide bonds. The van der Waals surface area contributed by atoms with E-state index in [1.165, 1.54) is 6.92 Å². The van der Waals surface area contributed by atoms with Gasteiger partial charge in [-0.1, -0.05) is 6.92 Å². The Bertz CT molecular complexity index is 571. The zero-order valence-corrected chi connectivity index (χ0v) is 15.9. The summed E-state index contributed by atoms with van der Waals surface area (Å²) in [5, 5.41) is 9.23. The predicted molar refractivity (Wildman–Crippen MR) is 97.7 cm³/mol. The quantitative estimate of drug-likeness (QED) is 0.634. The van der Waals surface area contributed by atoms with E-state index in [4.69, 9.17) is 19.9 Å². The van der Waals surface area contributed by atoms with Crippen LogP contribution in [-0.4, -0.2) is 36.4 Å². The molecule has 6 nitrogen and oxygen atoms in total. The van der Waals surface area contributed by atoms with Gasteiger partial charge in [0.1, 0.15) is 11.3 Å². The second-order valence-electron chi connectivity index (χ2n) is 6.44. The number of carboxylic acids is 1. The Balaban J connectivity index is 3.14. The third kappa shape index (κ3) is 6.12. The van der Waals surface area contributed by atoms with E-state index in [1.807, 2.05) is 39.8 Å². The number of hydrogen-bond acceptors (Lipinski definition) is 5. The Morgan fingerprint density at radius 1 is 1.16 bits per heavy atom. The highest BCUT2D eigenvalue weighted by atomic mass is 16.5. The minimum absolute atomic E-state index is 0.0525. The van der Waals surface area contributed by atoms with Crippen molar-refractivity contribution in [2.24, 2.45) is 11.7 Å². The fourth-order valence-corrected chi connectivity index (χ4v) is 2.86. The zero-order chi connectivity index (χ0) is 19.0. The molecule has 3 N–H and O–H groups in total. The molecular weight excluding hydrogens is 322 g/mol. The lowest BCUT2D eigenvalue weighted by Gasteiger charge is -2.25. The average Bonchev–Trinajstić information content (AvgIpc) is 2.50. The molecule has 0 saturated carbocycles. The Hall–Kier alpha value is -1.95. The molecule has 0 aliphatic heterocycles. The summed E-state index contributed by atoms with van der Waals surface area (Å²) in [7, 11) is 0. The van der Waals surface area contributed by atoms with Crippen LogP contribution in [0.3, 0.4) is 0 Å². The molecule has 0 aliphatic carbocycles. The van der Waals surface area contributed by atoms with E-state index in [9.17, 15) is 9.90 Å². The summed E-state index contributed by atoms with van der Waals surface area (Å²) >= 11 is 0. The van der Waals surface area contributed by atoms with Crippen molar-refractivity contribution in [1.29, 1.82) is 0 Å². The predicted octanol–water partition coefficient (Wildman–Crippen LogP) is 3.25. The molecule has 0 aliphatic rings. The van der Waals surface area contributed by atoms with Crippen molar-refractivity contribution < 1.29 is 24.1 Å². The Kier molecular flexibility index (Phi) is 8.03. The standard InChI is InChI=1S/C19H31NO5/c1-6-23-15-10-14(9-13(4)12-19(5,20)18(21)22)17(25-8-3)16(11-15)24-7-2/h10-11,13H,6-9,12,20H2,1-5H3,(H,21,22). The molecule has 0 radical (unpaired) electrons. The molecule has 0 bridgehead atoms. The minimum atomic E-state index is -1.26. The van der Waals surface area contributed by atoms with Crippen LogP contribution in [0.2, 0.25) is 0 Å². The van der Waals surface area contributed by atoms with Gasteiger partial charge in [0.15, 0.2) is 11.5 Å². The smallest absolute Gasteiger partial charge is 0.323 e. The van der Waals surface area contributed by atoms with Crippen LogP contribution in [0.4, 0.5) is 0 Å². The lowest BCUT2D eigenvalue weighted by Crippen LogP contribution is -2.46. The first-order chi connectivity index (χ1) is 11.7. The topological polar surface area (TPSA) is 91.0 Å². The van der Waals surface area contributed by atoms with E-state index in [-0.39, 0.29) is 5.92 Å². The van der Waals surface area contributed by atoms with E-state index in [1.54, 1.807) is 0 Å². The maximum Gasteiger partial charge on any atom is 0.323 e. The molecule has 2 atom stereocenters. The summed E-state index contributed by atoms with van der Waals surface area (Å²) in [6.45, 7) is 10.9. The van der Waals surface area contributed by atoms with Gasteiger partial charge in [0.05, 0.1) is 19.8 Å². The molecule has 2 unspecified atom stereocenters. The van der Waals surface area contributed by atoms with E-state index < -0.39 is 11.5 Å². The summed E-state index contributed by atoms with van der Waals surface area (Å²) in [5.74, 6) is 1.10. The monoisotopic (exact) mass is 353 g/mol. The van der Waals surface area contributed by atoms with Gasteiger partial charge in [0.2, 0.25) is 0 Å². The summed E-state index contributed by atoms with van der Waals surface area (Å²) in [6, 6.07) is 3.76. The highest BCUT2D eigenvalue weighted by Gasteiger charge is 2.30. The average molecular weight is 353 g/mol. The third-order valence-electron chi connectivity index (χ3n) is 3.83. The fraction of sp³-hybridized carbons (Fsp3) is 0.632. The molecule has 0 aromatic heterocycles. The van der Waals surface area contributed by atoms with E-state index in [0.717, 1.165) is 5.56 Å². The Morgan fingerprint density at radius 3 is 2.28 bits per heavy atom. The van der Waals surface area contributed by atoms with Crippen LogP contribution in [0, 0.1) is 5.92 Å². The van der Waals surface area contributed by atoms with Crippen molar-refractivity contribution in [3.63, 3.8) is 0 Å². The van der Waals surface area contributed by atoms with Crippen LogP contribution in [0.5, 0.6) is 17.2 Å². The first-order valence-electron chi connectivity index (χ1n) is 8.82. The van der Waals surface area contributed by atoms with Crippen molar-refractivity contribution in [1.82, 2.24) is 0 Å². The number of nitrogens with two attached hydrogens (primary N) is 1. The van der Waals surface area contributed by atoms with Crippen molar-refractivity contribution in [2.45, 2.75) is 53.0 Å². The molecule has 1 aromatic carbocycles. The number of carboxylic acid groups (broad SMARTS) is 1. The van der Waals surface area contributed by atoms with Crippen molar-refractivity contribution in [3.05, 3.63) is 17.7 Å². The normalized spacial score (nSPS) is 14.5. The van der Waals surface area contributed by atoms with E-state index in [2.05, 4.69) is 0 Å². The van der Waals surface area contributed by atoms with Crippen molar-refractivity contribution in [2.75, 3.05) is 19.8 Å². The number of benzene rings is 1. The lowest BCUT2D eigenvalue weighted by molar-refractivity contribution is -0.143. The van der Waals surface area contributed by atoms with Gasteiger partial charge in [0, 0.05) is 11.6 Å². The highest BCUT2D eigenvalue weighted by molar-refractivity contribution is 5.77. The van der Waals surface area contributed by atoms with Gasteiger partial charge in [0.25, 0.3) is 0 Å². The zero-order valence-electron chi connectivity index (χ0n) is 15.9. The van der Waals surface area contributed by atoms with Crippen LogP contribution in [0.15, 0.2) is 12.1 Å². The summed E-state index contributed by atoms with van der Waals surface area (Å²) in [5.41, 5.74) is 5.56. The maximum atomic E-state index is 11.3. The second kappa shape index (κ2) is 9.51. The summed E-state index contributed by atoms with van der Waals surface area (Å²) < 4.78 is 17.2. The van der Waals surface area contributed by atoms with Crippen molar-refractivity contribution in [3.8, 4) is 17.2 Å².